The average Bonchev–Trinajstić information content (AvgIpc) is 3.21. The van der Waals surface area contributed by atoms with Crippen LogP contribution >= 0.6 is 11.3 Å². The van der Waals surface area contributed by atoms with E-state index >= 15 is 0 Å². The van der Waals surface area contributed by atoms with Gasteiger partial charge in [0, 0.05) is 23.8 Å². The minimum absolute atomic E-state index is 0.00753. The number of nitrogens with one attached hydrogen (secondary N) is 2. The van der Waals surface area contributed by atoms with Gasteiger partial charge >= 0.3 is 0 Å². The van der Waals surface area contributed by atoms with Crippen LogP contribution in [0.2, 0.25) is 0 Å². The quantitative estimate of drug-likeness (QED) is 0.790. The van der Waals surface area contributed by atoms with E-state index < -0.39 is 0 Å². The third-order valence-electron chi connectivity index (χ3n) is 4.76. The Morgan fingerprint density at radius 3 is 2.63 bits per heavy atom. The van der Waals surface area contributed by atoms with E-state index in [1.54, 1.807) is 11.3 Å². The molecule has 2 amide bonds. The van der Waals surface area contributed by atoms with Crippen LogP contribution in [-0.2, 0) is 16.1 Å². The fraction of sp³-hybridized carbons (Fsp3) is 0.450. The topological polar surface area (TPSA) is 66.8 Å². The van der Waals surface area contributed by atoms with E-state index in [1.165, 1.54) is 0 Å². The highest BCUT2D eigenvalue weighted by atomic mass is 32.1. The third-order valence-corrected chi connectivity index (χ3v) is 5.64. The van der Waals surface area contributed by atoms with Crippen LogP contribution in [0, 0.1) is 5.92 Å². The second kappa shape index (κ2) is 9.50. The van der Waals surface area contributed by atoms with Crippen molar-refractivity contribution in [1.82, 2.24) is 10.2 Å². The highest BCUT2D eigenvalue weighted by Gasteiger charge is 2.27. The number of nitrogens with zero attached hydrogens (tertiary/aromatic N) is 2. The normalized spacial score (nSPS) is 15.4. The molecular weight excluding hydrogens is 360 g/mol. The van der Waals surface area contributed by atoms with Gasteiger partial charge in [0.05, 0.1) is 25.8 Å². The number of hydrogen-bond donors (Lipinski definition) is 1. The van der Waals surface area contributed by atoms with Gasteiger partial charge in [0.25, 0.3) is 5.82 Å². The summed E-state index contributed by atoms with van der Waals surface area (Å²) in [4.78, 5) is 33.2. The molecule has 0 aromatic carbocycles. The van der Waals surface area contributed by atoms with E-state index in [4.69, 9.17) is 0 Å². The van der Waals surface area contributed by atoms with Crippen molar-refractivity contribution in [3.05, 3.63) is 46.8 Å². The lowest BCUT2D eigenvalue weighted by atomic mass is 10.0. The first-order valence-corrected chi connectivity index (χ1v) is 10.3. The first-order valence-electron chi connectivity index (χ1n) is 9.40. The van der Waals surface area contributed by atoms with Crippen LogP contribution < -0.4 is 15.2 Å². The Morgan fingerprint density at radius 2 is 1.96 bits per heavy atom. The largest absolute Gasteiger partial charge is 0.351 e. The molecule has 2 aromatic rings. The molecule has 2 N–H and O–H groups in total. The summed E-state index contributed by atoms with van der Waals surface area (Å²) in [6.45, 7) is 5.62. The molecule has 1 saturated heterocycles. The van der Waals surface area contributed by atoms with Crippen LogP contribution in [0.4, 0.5) is 5.82 Å². The molecule has 2 aromatic heterocycles. The molecule has 7 heteroatoms. The number of H-pyrrole nitrogens is 1. The molecule has 3 rings (SSSR count). The Bertz CT molecular complexity index is 728. The van der Waals surface area contributed by atoms with E-state index in [0.29, 0.717) is 19.4 Å². The van der Waals surface area contributed by atoms with Crippen LogP contribution in [0.3, 0.4) is 0 Å². The lowest BCUT2D eigenvalue weighted by Crippen LogP contribution is -2.50. The number of pyridine rings is 1. The van der Waals surface area contributed by atoms with Gasteiger partial charge in [-0.05, 0) is 23.4 Å². The summed E-state index contributed by atoms with van der Waals surface area (Å²) in [6.07, 6.45) is 2.72. The summed E-state index contributed by atoms with van der Waals surface area (Å²) in [5, 5.41) is 4.93. The highest BCUT2D eigenvalue weighted by molar-refractivity contribution is 7.09. The van der Waals surface area contributed by atoms with Crippen LogP contribution in [0.1, 0.15) is 24.6 Å². The van der Waals surface area contributed by atoms with Crippen molar-refractivity contribution in [2.24, 2.45) is 5.92 Å². The first kappa shape index (κ1) is 19.4. The van der Waals surface area contributed by atoms with Crippen molar-refractivity contribution in [1.29, 1.82) is 0 Å². The fourth-order valence-corrected chi connectivity index (χ4v) is 3.91. The molecule has 0 unspecified atom stereocenters. The number of piperazine rings is 1. The van der Waals surface area contributed by atoms with Gasteiger partial charge < -0.3 is 10.2 Å². The number of amides is 2. The van der Waals surface area contributed by atoms with Crippen LogP contribution in [0.25, 0.3) is 0 Å². The van der Waals surface area contributed by atoms with Crippen molar-refractivity contribution >= 4 is 29.0 Å². The van der Waals surface area contributed by atoms with Crippen molar-refractivity contribution in [3.63, 3.8) is 0 Å². The summed E-state index contributed by atoms with van der Waals surface area (Å²) in [7, 11) is 0. The van der Waals surface area contributed by atoms with Crippen LogP contribution in [-0.4, -0.2) is 42.9 Å². The Labute approximate surface area is 164 Å². The smallest absolute Gasteiger partial charge is 0.274 e. The molecule has 144 valence electrons. The Balaban J connectivity index is 1.38. The summed E-state index contributed by atoms with van der Waals surface area (Å²) in [6, 6.07) is 10.00. The maximum Gasteiger partial charge on any atom is 0.274 e. The van der Waals surface area contributed by atoms with E-state index in [0.717, 1.165) is 36.9 Å². The number of carbonyl (C=O) groups excluding carboxylic acids is 2. The first-order chi connectivity index (χ1) is 13.1. The van der Waals surface area contributed by atoms with Gasteiger partial charge in [-0.2, -0.15) is 0 Å². The Hall–Kier alpha value is -2.41. The van der Waals surface area contributed by atoms with Gasteiger partial charge in [-0.3, -0.25) is 14.5 Å². The molecule has 0 aliphatic carbocycles. The molecule has 1 aliphatic heterocycles. The van der Waals surface area contributed by atoms with Gasteiger partial charge in [0.2, 0.25) is 11.8 Å². The van der Waals surface area contributed by atoms with Gasteiger partial charge in [-0.1, -0.05) is 19.1 Å². The monoisotopic (exact) mass is 387 g/mol. The van der Waals surface area contributed by atoms with E-state index in [9.17, 15) is 9.59 Å². The number of anilines is 1. The molecule has 0 bridgehead atoms. The number of carbonyl (C=O) groups is 2. The zero-order chi connectivity index (χ0) is 19.1. The fourth-order valence-electron chi connectivity index (χ4n) is 3.26. The number of aromatic nitrogens is 1. The van der Waals surface area contributed by atoms with Crippen molar-refractivity contribution in [2.45, 2.75) is 26.3 Å². The van der Waals surface area contributed by atoms with Crippen molar-refractivity contribution in [3.8, 4) is 0 Å². The minimum Gasteiger partial charge on any atom is -0.351 e. The molecule has 3 heterocycles. The van der Waals surface area contributed by atoms with Gasteiger partial charge in [-0.25, -0.2) is 4.98 Å². The number of aromatic amines is 1. The summed E-state index contributed by atoms with van der Waals surface area (Å²) >= 11 is 1.63. The maximum atomic E-state index is 12.5. The third kappa shape index (κ3) is 5.79. The van der Waals surface area contributed by atoms with Crippen molar-refractivity contribution < 1.29 is 14.6 Å². The number of thiophene rings is 1. The predicted octanol–water partition coefficient (Wildman–Crippen LogP) is 1.94. The predicted molar refractivity (Wildman–Crippen MR) is 106 cm³/mol. The number of rotatable bonds is 7. The molecule has 1 fully saturated rings. The minimum atomic E-state index is 0.00753. The van der Waals surface area contributed by atoms with Crippen LogP contribution in [0.5, 0.6) is 0 Å². The number of hydrogen-bond acceptors (Lipinski definition) is 4. The zero-order valence-electron chi connectivity index (χ0n) is 15.7. The Morgan fingerprint density at radius 1 is 1.15 bits per heavy atom. The maximum absolute atomic E-state index is 12.5. The molecule has 0 spiro atoms. The molecule has 1 aliphatic rings. The summed E-state index contributed by atoms with van der Waals surface area (Å²) in [5.74, 6) is 1.28. The highest BCUT2D eigenvalue weighted by Crippen LogP contribution is 2.15. The van der Waals surface area contributed by atoms with E-state index in [-0.39, 0.29) is 17.7 Å². The zero-order valence-corrected chi connectivity index (χ0v) is 16.5. The SMILES string of the molecule is C[C@H](CC(=O)NCc1cccs1)CC(=O)N1CCN(c2cccc[nH+]2)CC1. The Kier molecular flexibility index (Phi) is 6.81. The molecular formula is C20H27N4O2S+. The molecule has 1 atom stereocenters. The molecule has 6 nitrogen and oxygen atoms in total. The van der Waals surface area contributed by atoms with E-state index in [1.807, 2.05) is 53.7 Å². The molecule has 27 heavy (non-hydrogen) atoms. The molecule has 0 radical (unpaired) electrons. The summed E-state index contributed by atoms with van der Waals surface area (Å²) < 4.78 is 0. The van der Waals surface area contributed by atoms with Crippen molar-refractivity contribution in [2.75, 3.05) is 31.1 Å². The van der Waals surface area contributed by atoms with Gasteiger partial charge in [-0.15, -0.1) is 11.3 Å². The standard InChI is InChI=1S/C20H26N4O2S/c1-16(13-19(25)22-15-17-5-4-12-27-17)14-20(26)24-10-8-23(9-11-24)18-6-2-3-7-21-18/h2-7,12,16H,8-11,13-15H2,1H3,(H,22,25)/p+1/t16-/m1/s1. The second-order valence-corrected chi connectivity index (χ2v) is 8.02. The van der Waals surface area contributed by atoms with E-state index in [2.05, 4.69) is 15.2 Å². The molecule has 0 saturated carbocycles. The van der Waals surface area contributed by atoms with Gasteiger partial charge in [0.15, 0.2) is 0 Å². The van der Waals surface area contributed by atoms with Gasteiger partial charge in [0.1, 0.15) is 13.1 Å². The second-order valence-electron chi connectivity index (χ2n) is 6.99. The van der Waals surface area contributed by atoms with Crippen LogP contribution in [0.15, 0.2) is 41.9 Å². The lowest BCUT2D eigenvalue weighted by molar-refractivity contribution is -0.364. The lowest BCUT2D eigenvalue weighted by Gasteiger charge is -2.31. The average molecular weight is 388 g/mol. The summed E-state index contributed by atoms with van der Waals surface area (Å²) in [5.41, 5.74) is 0.